The van der Waals surface area contributed by atoms with Gasteiger partial charge in [0.25, 0.3) is 5.91 Å². The highest BCUT2D eigenvalue weighted by molar-refractivity contribution is 7.93. The van der Waals surface area contributed by atoms with E-state index in [4.69, 9.17) is 21.1 Å². The summed E-state index contributed by atoms with van der Waals surface area (Å²) in [7, 11) is -2.06. The number of hydrogen-bond donors (Lipinski definition) is 1. The Kier molecular flexibility index (Phi) is 8.18. The molecular weight excluding hydrogens is 516 g/mol. The van der Waals surface area contributed by atoms with Crippen LogP contribution in [-0.2, 0) is 14.6 Å². The summed E-state index contributed by atoms with van der Waals surface area (Å²) in [6.45, 7) is 1.46. The molecule has 0 saturated carbocycles. The summed E-state index contributed by atoms with van der Waals surface area (Å²) in [5, 5.41) is 18.9. The van der Waals surface area contributed by atoms with Gasteiger partial charge in [0.2, 0.25) is 19.3 Å². The molecule has 1 aromatic heterocycles. The maximum atomic E-state index is 12.5. The predicted molar refractivity (Wildman–Crippen MR) is 129 cm³/mol. The smallest absolute Gasteiger partial charge is 0.343 e. The lowest BCUT2D eigenvalue weighted by molar-refractivity contribution is -0.112. The zero-order valence-electron chi connectivity index (χ0n) is 18.3. The third-order valence-electron chi connectivity index (χ3n) is 4.43. The van der Waals surface area contributed by atoms with Gasteiger partial charge in [-0.05, 0) is 48.0 Å². The zero-order chi connectivity index (χ0) is 25.6. The highest BCUT2D eigenvalue weighted by atomic mass is 35.5. The number of amides is 1. The fourth-order valence-corrected chi connectivity index (χ4v) is 4.78. The molecule has 3 rings (SSSR count). The van der Waals surface area contributed by atoms with Crippen molar-refractivity contribution in [2.45, 2.75) is 11.3 Å². The van der Waals surface area contributed by atoms with Gasteiger partial charge in [-0.25, -0.2) is 13.2 Å². The molecule has 0 saturated heterocycles. The topological polar surface area (TPSA) is 148 Å². The lowest BCUT2D eigenvalue weighted by Gasteiger charge is -2.08. The van der Waals surface area contributed by atoms with Crippen LogP contribution in [0.25, 0.3) is 6.08 Å². The summed E-state index contributed by atoms with van der Waals surface area (Å²) in [5.74, 6) is -0.922. The van der Waals surface area contributed by atoms with Crippen molar-refractivity contribution in [3.05, 3.63) is 64.2 Å². The summed E-state index contributed by atoms with van der Waals surface area (Å²) in [6, 6.07) is 12.4. The molecule has 1 amide bonds. The monoisotopic (exact) mass is 532 g/mol. The van der Waals surface area contributed by atoms with E-state index in [0.29, 0.717) is 28.2 Å². The average Bonchev–Trinajstić information content (AvgIpc) is 3.33. The number of aromatic nitrogens is 2. The molecule has 2 aromatic carbocycles. The minimum absolute atomic E-state index is 0.0676. The third-order valence-corrected chi connectivity index (χ3v) is 7.75. The fraction of sp³-hybridized carbons (Fsp3) is 0.136. The quantitative estimate of drug-likeness (QED) is 0.150. The normalized spacial score (nSPS) is 11.4. The number of esters is 1. The first kappa shape index (κ1) is 25.8. The number of nitrogens with zero attached hydrogens (tertiary/aromatic N) is 3. The Morgan fingerprint density at radius 1 is 1.20 bits per heavy atom. The molecule has 0 bridgehead atoms. The van der Waals surface area contributed by atoms with E-state index in [-0.39, 0.29) is 31.6 Å². The Hall–Kier alpha value is -3.79. The van der Waals surface area contributed by atoms with Crippen LogP contribution in [0.1, 0.15) is 22.8 Å². The first-order valence-electron chi connectivity index (χ1n) is 9.82. The van der Waals surface area contributed by atoms with E-state index in [1.54, 1.807) is 30.3 Å². The summed E-state index contributed by atoms with van der Waals surface area (Å²) >= 11 is 6.90. The Morgan fingerprint density at radius 3 is 2.51 bits per heavy atom. The summed E-state index contributed by atoms with van der Waals surface area (Å²) in [5.41, 5.74) is 0.387. The standard InChI is InChI=1S/C22H17ClN4O6S2/c1-3-35(30,31)22-27-26-21(34-22)25-19(28)15(12-24)10-13-4-9-18(17(23)11-13)33-20(29)14-5-7-16(32-2)8-6-14/h4-11H,3H2,1-2H3,(H,25,26,28). The molecule has 0 atom stereocenters. The molecular formula is C22H17ClN4O6S2. The van der Waals surface area contributed by atoms with Crippen molar-refractivity contribution < 1.29 is 27.5 Å². The first-order chi connectivity index (χ1) is 16.7. The van der Waals surface area contributed by atoms with Crippen LogP contribution < -0.4 is 14.8 Å². The van der Waals surface area contributed by atoms with Crippen LogP contribution in [0, 0.1) is 11.3 Å². The molecule has 0 aliphatic rings. The number of nitriles is 1. The molecule has 13 heteroatoms. The number of carbonyl (C=O) groups excluding carboxylic acids is 2. The number of anilines is 1. The molecule has 1 N–H and O–H groups in total. The van der Waals surface area contributed by atoms with E-state index in [1.807, 2.05) is 0 Å². The Labute approximate surface area is 209 Å². The molecule has 0 radical (unpaired) electrons. The van der Waals surface area contributed by atoms with Crippen LogP contribution in [0.4, 0.5) is 5.13 Å². The Morgan fingerprint density at radius 2 is 1.91 bits per heavy atom. The Balaban J connectivity index is 1.73. The van der Waals surface area contributed by atoms with Crippen molar-refractivity contribution in [1.82, 2.24) is 10.2 Å². The number of ether oxygens (including phenoxy) is 2. The second-order valence-electron chi connectivity index (χ2n) is 6.71. The second kappa shape index (κ2) is 11.1. The van der Waals surface area contributed by atoms with E-state index >= 15 is 0 Å². The predicted octanol–water partition coefficient (Wildman–Crippen LogP) is 3.76. The minimum Gasteiger partial charge on any atom is -0.497 e. The number of benzene rings is 2. The number of halogens is 1. The molecule has 10 nitrogen and oxygen atoms in total. The minimum atomic E-state index is -3.57. The van der Waals surface area contributed by atoms with Gasteiger partial charge < -0.3 is 9.47 Å². The highest BCUT2D eigenvalue weighted by Crippen LogP contribution is 2.28. The van der Waals surface area contributed by atoms with Gasteiger partial charge in [-0.3, -0.25) is 10.1 Å². The average molecular weight is 533 g/mol. The van der Waals surface area contributed by atoms with Gasteiger partial charge >= 0.3 is 5.97 Å². The molecule has 1 heterocycles. The molecule has 0 fully saturated rings. The first-order valence-corrected chi connectivity index (χ1v) is 12.7. The molecule has 180 valence electrons. The molecule has 3 aromatic rings. The number of nitrogens with one attached hydrogen (secondary N) is 1. The third kappa shape index (κ3) is 6.42. The van der Waals surface area contributed by atoms with E-state index in [9.17, 15) is 23.3 Å². The van der Waals surface area contributed by atoms with Crippen molar-refractivity contribution >= 4 is 55.9 Å². The Bertz CT molecular complexity index is 1440. The van der Waals surface area contributed by atoms with Gasteiger partial charge in [-0.2, -0.15) is 5.26 Å². The number of carbonyl (C=O) groups is 2. The van der Waals surface area contributed by atoms with Crippen LogP contribution in [0.2, 0.25) is 5.02 Å². The number of rotatable bonds is 8. The van der Waals surface area contributed by atoms with Crippen molar-refractivity contribution in [3.8, 4) is 17.6 Å². The molecule has 35 heavy (non-hydrogen) atoms. The van der Waals surface area contributed by atoms with Gasteiger partial charge in [0.05, 0.1) is 23.4 Å². The number of hydrogen-bond acceptors (Lipinski definition) is 10. The van der Waals surface area contributed by atoms with E-state index in [2.05, 4.69) is 15.5 Å². The highest BCUT2D eigenvalue weighted by Gasteiger charge is 2.20. The van der Waals surface area contributed by atoms with E-state index < -0.39 is 21.7 Å². The largest absolute Gasteiger partial charge is 0.497 e. The molecule has 0 aliphatic heterocycles. The zero-order valence-corrected chi connectivity index (χ0v) is 20.7. The number of methoxy groups -OCH3 is 1. The van der Waals surface area contributed by atoms with Gasteiger partial charge in [0.15, 0.2) is 0 Å². The maximum absolute atomic E-state index is 12.5. The van der Waals surface area contributed by atoms with E-state index in [0.717, 1.165) is 0 Å². The SMILES string of the molecule is CCS(=O)(=O)c1nnc(NC(=O)C(C#N)=Cc2ccc(OC(=O)c3ccc(OC)cc3)c(Cl)c2)s1. The molecule has 0 spiro atoms. The summed E-state index contributed by atoms with van der Waals surface area (Å²) < 4.78 is 33.8. The van der Waals surface area contributed by atoms with Gasteiger partial charge in [0.1, 0.15) is 23.1 Å². The van der Waals surface area contributed by atoms with Crippen LogP contribution in [0.3, 0.4) is 0 Å². The van der Waals surface area contributed by atoms with Gasteiger partial charge in [-0.15, -0.1) is 10.2 Å². The van der Waals surface area contributed by atoms with Crippen molar-refractivity contribution in [2.75, 3.05) is 18.2 Å². The molecule has 0 aliphatic carbocycles. The summed E-state index contributed by atoms with van der Waals surface area (Å²) in [4.78, 5) is 24.8. The fourth-order valence-electron chi connectivity index (χ4n) is 2.56. The van der Waals surface area contributed by atoms with Crippen LogP contribution in [0.15, 0.2) is 52.4 Å². The lowest BCUT2D eigenvalue weighted by atomic mass is 10.1. The van der Waals surface area contributed by atoms with Gasteiger partial charge in [-0.1, -0.05) is 35.9 Å². The summed E-state index contributed by atoms with van der Waals surface area (Å²) in [6.07, 6.45) is 1.26. The molecule has 0 unspecified atom stereocenters. The number of sulfone groups is 1. The van der Waals surface area contributed by atoms with Crippen LogP contribution in [0.5, 0.6) is 11.5 Å². The second-order valence-corrected chi connectivity index (χ2v) is 10.5. The maximum Gasteiger partial charge on any atom is 0.343 e. The van der Waals surface area contributed by atoms with Crippen molar-refractivity contribution in [2.24, 2.45) is 0 Å². The van der Waals surface area contributed by atoms with Crippen LogP contribution in [-0.4, -0.2) is 43.4 Å². The van der Waals surface area contributed by atoms with Crippen LogP contribution >= 0.6 is 22.9 Å². The van der Waals surface area contributed by atoms with E-state index in [1.165, 1.54) is 38.3 Å². The van der Waals surface area contributed by atoms with Gasteiger partial charge in [0, 0.05) is 0 Å². The van der Waals surface area contributed by atoms with Crippen molar-refractivity contribution in [3.63, 3.8) is 0 Å². The lowest BCUT2D eigenvalue weighted by Crippen LogP contribution is -2.13. The van der Waals surface area contributed by atoms with Crippen molar-refractivity contribution in [1.29, 1.82) is 5.26 Å².